The van der Waals surface area contributed by atoms with Crippen LogP contribution < -0.4 is 5.32 Å². The van der Waals surface area contributed by atoms with Crippen molar-refractivity contribution in [1.82, 2.24) is 4.90 Å². The van der Waals surface area contributed by atoms with Gasteiger partial charge in [0.25, 0.3) is 0 Å². The Bertz CT molecular complexity index is 1430. The molecule has 0 saturated carbocycles. The van der Waals surface area contributed by atoms with Crippen molar-refractivity contribution in [2.24, 2.45) is 10.9 Å². The number of carboxylic acid groups (broad SMARTS) is 1. The van der Waals surface area contributed by atoms with E-state index in [4.69, 9.17) is 39.8 Å². The van der Waals surface area contributed by atoms with Crippen LogP contribution in [0.4, 0.5) is 5.69 Å². The van der Waals surface area contributed by atoms with Gasteiger partial charge in [-0.1, -0.05) is 85.0 Å². The van der Waals surface area contributed by atoms with Crippen LogP contribution in [0.15, 0.2) is 71.7 Å². The Morgan fingerprint density at radius 3 is 2.40 bits per heavy atom. The standard InChI is InChI=1S/C31H32Cl3N3O3/c1-19(2)27(29(38)39)36-28(21-8-5-4-6-9-21)23-17-22(32)11-13-26(23)35-30(40)31(3)14-7-15-37(31)18-20-10-12-24(33)25(34)16-20/h4-6,8-13,16-17,19,27H,7,14-15,18H2,1-3H3,(H,35,40)(H,38,39)/t27-,31+/m1/s1. The molecule has 4 rings (SSSR count). The minimum Gasteiger partial charge on any atom is -0.480 e. The van der Waals surface area contributed by atoms with Crippen molar-refractivity contribution >= 4 is 58.1 Å². The first-order chi connectivity index (χ1) is 19.0. The van der Waals surface area contributed by atoms with Crippen molar-refractivity contribution in [3.05, 3.63) is 98.5 Å². The lowest BCUT2D eigenvalue weighted by atomic mass is 9.95. The van der Waals surface area contributed by atoms with E-state index in [1.807, 2.05) is 63.2 Å². The molecule has 3 aromatic carbocycles. The first-order valence-corrected chi connectivity index (χ1v) is 14.3. The second kappa shape index (κ2) is 12.7. The van der Waals surface area contributed by atoms with Crippen molar-refractivity contribution in [3.63, 3.8) is 0 Å². The number of rotatable bonds is 9. The molecule has 2 N–H and O–H groups in total. The molecule has 0 spiro atoms. The highest BCUT2D eigenvalue weighted by Gasteiger charge is 2.43. The molecule has 0 bridgehead atoms. The molecule has 0 radical (unpaired) electrons. The molecule has 0 aromatic heterocycles. The third kappa shape index (κ3) is 6.69. The largest absolute Gasteiger partial charge is 0.480 e. The van der Waals surface area contributed by atoms with Crippen LogP contribution >= 0.6 is 34.8 Å². The van der Waals surface area contributed by atoms with E-state index in [0.717, 1.165) is 24.1 Å². The summed E-state index contributed by atoms with van der Waals surface area (Å²) in [5, 5.41) is 14.4. The molecule has 1 saturated heterocycles. The Labute approximate surface area is 250 Å². The van der Waals surface area contributed by atoms with Gasteiger partial charge in [0.1, 0.15) is 6.04 Å². The van der Waals surface area contributed by atoms with Gasteiger partial charge in [-0.3, -0.25) is 14.7 Å². The number of aliphatic imine (C=N–C) groups is 1. The van der Waals surface area contributed by atoms with Crippen LogP contribution in [0.2, 0.25) is 15.1 Å². The van der Waals surface area contributed by atoms with Crippen LogP contribution in [0.3, 0.4) is 0 Å². The number of carboxylic acids is 1. The maximum absolute atomic E-state index is 13.9. The summed E-state index contributed by atoms with van der Waals surface area (Å²) in [6.07, 6.45) is 1.54. The van der Waals surface area contributed by atoms with Crippen molar-refractivity contribution in [2.75, 3.05) is 11.9 Å². The molecule has 6 nitrogen and oxygen atoms in total. The summed E-state index contributed by atoms with van der Waals surface area (Å²) >= 11 is 18.8. The number of anilines is 1. The highest BCUT2D eigenvalue weighted by atomic mass is 35.5. The predicted octanol–water partition coefficient (Wildman–Crippen LogP) is 7.59. The van der Waals surface area contributed by atoms with Crippen molar-refractivity contribution < 1.29 is 14.7 Å². The fraction of sp³-hybridized carbons (Fsp3) is 0.323. The predicted molar refractivity (Wildman–Crippen MR) is 163 cm³/mol. The molecule has 0 aliphatic carbocycles. The van der Waals surface area contributed by atoms with Crippen molar-refractivity contribution in [1.29, 1.82) is 0 Å². The van der Waals surface area contributed by atoms with Crippen LogP contribution in [-0.2, 0) is 16.1 Å². The first-order valence-electron chi connectivity index (χ1n) is 13.2. The van der Waals surface area contributed by atoms with Crippen molar-refractivity contribution in [3.8, 4) is 0 Å². The van der Waals surface area contributed by atoms with Crippen molar-refractivity contribution in [2.45, 2.75) is 51.7 Å². The molecule has 40 heavy (non-hydrogen) atoms. The van der Waals surface area contributed by atoms with Gasteiger partial charge in [0.05, 0.1) is 27.0 Å². The lowest BCUT2D eigenvalue weighted by Crippen LogP contribution is -2.50. The molecule has 9 heteroatoms. The Morgan fingerprint density at radius 2 is 1.75 bits per heavy atom. The number of nitrogens with zero attached hydrogens (tertiary/aromatic N) is 2. The molecule has 3 aromatic rings. The van der Waals surface area contributed by atoms with E-state index in [1.165, 1.54) is 0 Å². The highest BCUT2D eigenvalue weighted by molar-refractivity contribution is 6.42. The molecular formula is C31H32Cl3N3O3. The van der Waals surface area contributed by atoms with Crippen LogP contribution in [-0.4, -0.2) is 45.7 Å². The molecule has 1 aliphatic heterocycles. The van der Waals surface area contributed by atoms with E-state index < -0.39 is 17.6 Å². The fourth-order valence-corrected chi connectivity index (χ4v) is 5.48. The van der Waals surface area contributed by atoms with Gasteiger partial charge in [-0.25, -0.2) is 4.79 Å². The van der Waals surface area contributed by atoms with Gasteiger partial charge in [-0.15, -0.1) is 0 Å². The number of hydrogen-bond donors (Lipinski definition) is 2. The fourth-order valence-electron chi connectivity index (χ4n) is 4.99. The van der Waals surface area contributed by atoms with Gasteiger partial charge >= 0.3 is 5.97 Å². The summed E-state index contributed by atoms with van der Waals surface area (Å²) in [5.41, 5.74) is 2.41. The number of halogens is 3. The summed E-state index contributed by atoms with van der Waals surface area (Å²) in [4.78, 5) is 32.9. The van der Waals surface area contributed by atoms with E-state index in [-0.39, 0.29) is 11.8 Å². The third-order valence-corrected chi connectivity index (χ3v) is 8.30. The number of hydrogen-bond acceptors (Lipinski definition) is 4. The van der Waals surface area contributed by atoms with Crippen LogP contribution in [0.1, 0.15) is 50.3 Å². The number of carbonyl (C=O) groups excluding carboxylic acids is 1. The van der Waals surface area contributed by atoms with Gasteiger partial charge < -0.3 is 10.4 Å². The summed E-state index contributed by atoms with van der Waals surface area (Å²) in [7, 11) is 0. The number of aliphatic carboxylic acids is 1. The molecule has 1 heterocycles. The van der Waals surface area contributed by atoms with Gasteiger partial charge in [0.15, 0.2) is 0 Å². The quantitative estimate of drug-likeness (QED) is 0.248. The van der Waals surface area contributed by atoms with Crippen LogP contribution in [0.5, 0.6) is 0 Å². The summed E-state index contributed by atoms with van der Waals surface area (Å²) in [6.45, 7) is 6.86. The van der Waals surface area contributed by atoms with Gasteiger partial charge in [-0.2, -0.15) is 0 Å². The van der Waals surface area contributed by atoms with Crippen LogP contribution in [0, 0.1) is 5.92 Å². The Morgan fingerprint density at radius 1 is 1.02 bits per heavy atom. The lowest BCUT2D eigenvalue weighted by molar-refractivity contribution is -0.139. The smallest absolute Gasteiger partial charge is 0.328 e. The summed E-state index contributed by atoms with van der Waals surface area (Å²) in [5.74, 6) is -1.44. The molecule has 0 unspecified atom stereocenters. The van der Waals surface area contributed by atoms with E-state index >= 15 is 0 Å². The van der Waals surface area contributed by atoms with Gasteiger partial charge in [0.2, 0.25) is 5.91 Å². The zero-order valence-electron chi connectivity index (χ0n) is 22.6. The molecule has 210 valence electrons. The second-order valence-corrected chi connectivity index (χ2v) is 11.8. The third-order valence-electron chi connectivity index (χ3n) is 7.32. The normalized spacial score (nSPS) is 18.6. The summed E-state index contributed by atoms with van der Waals surface area (Å²) < 4.78 is 0. The Hall–Kier alpha value is -2.90. The van der Waals surface area contributed by atoms with Gasteiger partial charge in [-0.05, 0) is 68.1 Å². The Kier molecular flexibility index (Phi) is 9.57. The highest BCUT2D eigenvalue weighted by Crippen LogP contribution is 2.34. The molecule has 1 fully saturated rings. The maximum Gasteiger partial charge on any atom is 0.328 e. The minimum atomic E-state index is -1.02. The molecule has 1 amide bonds. The first kappa shape index (κ1) is 30.1. The topological polar surface area (TPSA) is 82.0 Å². The van der Waals surface area contributed by atoms with E-state index in [2.05, 4.69) is 10.2 Å². The second-order valence-electron chi connectivity index (χ2n) is 10.6. The average molecular weight is 601 g/mol. The van der Waals surface area contributed by atoms with E-state index in [1.54, 1.807) is 24.3 Å². The number of benzene rings is 3. The zero-order chi connectivity index (χ0) is 29.0. The van der Waals surface area contributed by atoms with E-state index in [0.29, 0.717) is 45.0 Å². The average Bonchev–Trinajstić information content (AvgIpc) is 3.29. The monoisotopic (exact) mass is 599 g/mol. The molecule has 1 aliphatic rings. The van der Waals surface area contributed by atoms with Crippen LogP contribution in [0.25, 0.3) is 0 Å². The molecular weight excluding hydrogens is 569 g/mol. The number of likely N-dealkylation sites (tertiary alicyclic amines) is 1. The Balaban J connectivity index is 1.71. The number of amides is 1. The van der Waals surface area contributed by atoms with E-state index in [9.17, 15) is 14.7 Å². The summed E-state index contributed by atoms with van der Waals surface area (Å²) in [6, 6.07) is 19.0. The maximum atomic E-state index is 13.9. The number of nitrogens with one attached hydrogen (secondary N) is 1. The number of carbonyl (C=O) groups is 2. The molecule has 2 atom stereocenters. The lowest BCUT2D eigenvalue weighted by Gasteiger charge is -2.34. The zero-order valence-corrected chi connectivity index (χ0v) is 24.9. The van der Waals surface area contributed by atoms with Gasteiger partial charge in [0, 0.05) is 22.7 Å². The SMILES string of the molecule is CC(C)[C@@H](N=C(c1ccccc1)c1cc(Cl)ccc1NC(=O)[C@]1(C)CCCN1Cc1ccc(Cl)c(Cl)c1)C(=O)O. The minimum absolute atomic E-state index is 0.167.